The Morgan fingerprint density at radius 3 is 2.14 bits per heavy atom. The van der Waals surface area contributed by atoms with Crippen molar-refractivity contribution in [3.63, 3.8) is 0 Å². The maximum Gasteiger partial charge on any atom is 0.314 e. The van der Waals surface area contributed by atoms with Crippen molar-refractivity contribution in [2.45, 2.75) is 52.1 Å². The first-order chi connectivity index (χ1) is 21.5. The molecule has 0 radical (unpaired) electrons. The maximum absolute atomic E-state index is 12.2. The Bertz CT molecular complexity index is 1500. The van der Waals surface area contributed by atoms with Gasteiger partial charge in [-0.3, -0.25) is 14.5 Å². The normalized spacial score (nSPS) is 17.1. The van der Waals surface area contributed by atoms with Gasteiger partial charge in [-0.15, -0.1) is 0 Å². The number of ether oxygens (including phenoxy) is 5. The first-order valence-electron chi connectivity index (χ1n) is 15.5. The Labute approximate surface area is 258 Å². The molecule has 1 saturated heterocycles. The molecule has 0 N–H and O–H groups in total. The van der Waals surface area contributed by atoms with Crippen molar-refractivity contribution in [3.05, 3.63) is 83.4 Å². The molecule has 1 unspecified atom stereocenters. The van der Waals surface area contributed by atoms with Crippen LogP contribution in [0.5, 0.6) is 23.0 Å². The van der Waals surface area contributed by atoms with E-state index >= 15 is 0 Å². The largest absolute Gasteiger partial charge is 0.490 e. The number of fused-ring (bicyclic) bond motifs is 1. The second-order valence-electron chi connectivity index (χ2n) is 11.6. The summed E-state index contributed by atoms with van der Waals surface area (Å²) in [5, 5.41) is 0. The lowest BCUT2D eigenvalue weighted by Crippen LogP contribution is -2.36. The topological polar surface area (TPSA) is 83.5 Å². The molecule has 2 heterocycles. The maximum atomic E-state index is 12.2. The third kappa shape index (κ3) is 7.25. The smallest absolute Gasteiger partial charge is 0.314 e. The monoisotopic (exact) mass is 597 g/mol. The van der Waals surface area contributed by atoms with Crippen molar-refractivity contribution < 1.29 is 33.3 Å². The van der Waals surface area contributed by atoms with E-state index in [4.69, 9.17) is 23.7 Å². The third-order valence-corrected chi connectivity index (χ3v) is 8.22. The van der Waals surface area contributed by atoms with E-state index in [1.807, 2.05) is 48.5 Å². The standard InChI is InChI=1S/C36H39NO7/c1-3-32(28-12-17-33-34(20-28)42-23-41-33)35(26-10-15-30(16-11-26)44-36(39)27-6-7-27)25-8-13-29(14-9-25)40-22-31(43-24(2)38)21-37-18-4-5-19-37/h8-17,20,27,31H,3-7,18-19,21-23H2,1-2H3. The lowest BCUT2D eigenvalue weighted by molar-refractivity contribution is -0.148. The molecule has 0 amide bonds. The molecule has 230 valence electrons. The second-order valence-corrected chi connectivity index (χ2v) is 11.6. The minimum absolute atomic E-state index is 0.0353. The first kappa shape index (κ1) is 29.8. The van der Waals surface area contributed by atoms with Gasteiger partial charge in [-0.25, -0.2) is 0 Å². The van der Waals surface area contributed by atoms with Crippen molar-refractivity contribution in [2.75, 3.05) is 33.0 Å². The van der Waals surface area contributed by atoms with Crippen LogP contribution in [0.3, 0.4) is 0 Å². The van der Waals surface area contributed by atoms with E-state index in [0.717, 1.165) is 71.7 Å². The predicted molar refractivity (Wildman–Crippen MR) is 167 cm³/mol. The average molecular weight is 598 g/mol. The van der Waals surface area contributed by atoms with Crippen LogP contribution in [0.1, 0.15) is 62.6 Å². The van der Waals surface area contributed by atoms with Crippen LogP contribution < -0.4 is 18.9 Å². The molecule has 6 rings (SSSR count). The van der Waals surface area contributed by atoms with Crippen LogP contribution >= 0.6 is 0 Å². The SMILES string of the molecule is CCC(=C(c1ccc(OCC(CN2CCCC2)OC(C)=O)cc1)c1ccc(OC(=O)C2CC2)cc1)c1ccc2c(c1)OCO2. The zero-order chi connectivity index (χ0) is 30.5. The van der Waals surface area contributed by atoms with Gasteiger partial charge in [-0.1, -0.05) is 37.3 Å². The number of esters is 2. The van der Waals surface area contributed by atoms with Crippen LogP contribution in [0.15, 0.2) is 66.7 Å². The number of allylic oxidation sites excluding steroid dienone is 1. The summed E-state index contributed by atoms with van der Waals surface area (Å²) < 4.78 is 28.5. The van der Waals surface area contributed by atoms with Crippen LogP contribution in [0.2, 0.25) is 0 Å². The number of nitrogens with zero attached hydrogens (tertiary/aromatic N) is 1. The number of hydrogen-bond acceptors (Lipinski definition) is 8. The average Bonchev–Trinajstić information content (AvgIpc) is 3.56. The highest BCUT2D eigenvalue weighted by molar-refractivity contribution is 5.99. The van der Waals surface area contributed by atoms with Gasteiger partial charge in [-0.2, -0.15) is 0 Å². The summed E-state index contributed by atoms with van der Waals surface area (Å²) in [5.74, 6) is 2.30. The quantitative estimate of drug-likeness (QED) is 0.133. The molecule has 0 spiro atoms. The van der Waals surface area contributed by atoms with Crippen molar-refractivity contribution in [1.29, 1.82) is 0 Å². The van der Waals surface area contributed by atoms with E-state index in [-0.39, 0.29) is 37.4 Å². The number of likely N-dealkylation sites (tertiary alicyclic amines) is 1. The molecule has 0 bridgehead atoms. The zero-order valence-electron chi connectivity index (χ0n) is 25.4. The molecular formula is C36H39NO7. The Balaban J connectivity index is 1.27. The fourth-order valence-corrected chi connectivity index (χ4v) is 5.85. The van der Waals surface area contributed by atoms with Gasteiger partial charge in [0.05, 0.1) is 5.92 Å². The molecule has 0 aromatic heterocycles. The van der Waals surface area contributed by atoms with E-state index < -0.39 is 0 Å². The number of carbonyl (C=O) groups is 2. The van der Waals surface area contributed by atoms with Crippen molar-refractivity contribution in [3.8, 4) is 23.0 Å². The molecule has 2 fully saturated rings. The van der Waals surface area contributed by atoms with Gasteiger partial charge in [0.1, 0.15) is 24.2 Å². The molecule has 8 nitrogen and oxygen atoms in total. The first-order valence-corrected chi connectivity index (χ1v) is 15.5. The molecule has 3 aromatic carbocycles. The van der Waals surface area contributed by atoms with Crippen molar-refractivity contribution in [1.82, 2.24) is 4.90 Å². The fourth-order valence-electron chi connectivity index (χ4n) is 5.85. The van der Waals surface area contributed by atoms with E-state index in [1.165, 1.54) is 19.8 Å². The summed E-state index contributed by atoms with van der Waals surface area (Å²) in [6, 6.07) is 21.8. The molecule has 2 aliphatic heterocycles. The van der Waals surface area contributed by atoms with Gasteiger partial charge in [0, 0.05) is 13.5 Å². The highest BCUT2D eigenvalue weighted by Crippen LogP contribution is 2.40. The van der Waals surface area contributed by atoms with Crippen LogP contribution in [0, 0.1) is 5.92 Å². The summed E-state index contributed by atoms with van der Waals surface area (Å²) in [6.45, 7) is 6.80. The minimum atomic E-state index is -0.328. The van der Waals surface area contributed by atoms with Crippen molar-refractivity contribution in [2.24, 2.45) is 5.92 Å². The van der Waals surface area contributed by atoms with Crippen LogP contribution in [-0.4, -0.2) is 56.0 Å². The van der Waals surface area contributed by atoms with Gasteiger partial charge in [0.25, 0.3) is 0 Å². The Morgan fingerprint density at radius 1 is 0.864 bits per heavy atom. The highest BCUT2D eigenvalue weighted by atomic mass is 16.7. The van der Waals surface area contributed by atoms with Gasteiger partial charge in [-0.05, 0) is 109 Å². The number of carbonyl (C=O) groups excluding carboxylic acids is 2. The highest BCUT2D eigenvalue weighted by Gasteiger charge is 2.31. The van der Waals surface area contributed by atoms with E-state index in [2.05, 4.69) is 30.0 Å². The third-order valence-electron chi connectivity index (χ3n) is 8.22. The lowest BCUT2D eigenvalue weighted by Gasteiger charge is -2.23. The van der Waals surface area contributed by atoms with Gasteiger partial charge in [0.15, 0.2) is 11.5 Å². The molecule has 3 aliphatic rings. The summed E-state index contributed by atoms with van der Waals surface area (Å²) >= 11 is 0. The summed E-state index contributed by atoms with van der Waals surface area (Å²) in [4.78, 5) is 26.3. The van der Waals surface area contributed by atoms with Crippen molar-refractivity contribution >= 4 is 23.1 Å². The summed E-state index contributed by atoms with van der Waals surface area (Å²) in [6.07, 6.45) is 4.60. The molecule has 1 aliphatic carbocycles. The van der Waals surface area contributed by atoms with Crippen LogP contribution in [-0.2, 0) is 14.3 Å². The second kappa shape index (κ2) is 13.6. The predicted octanol–water partition coefficient (Wildman–Crippen LogP) is 6.51. The van der Waals surface area contributed by atoms with Crippen LogP contribution in [0.25, 0.3) is 11.1 Å². The van der Waals surface area contributed by atoms with Gasteiger partial charge < -0.3 is 23.7 Å². The Morgan fingerprint density at radius 2 is 1.50 bits per heavy atom. The van der Waals surface area contributed by atoms with Gasteiger partial charge >= 0.3 is 11.9 Å². The van der Waals surface area contributed by atoms with Gasteiger partial charge in [0.2, 0.25) is 6.79 Å². The number of hydrogen-bond donors (Lipinski definition) is 0. The lowest BCUT2D eigenvalue weighted by atomic mass is 9.88. The number of rotatable bonds is 12. The molecule has 1 atom stereocenters. The molecular weight excluding hydrogens is 558 g/mol. The zero-order valence-corrected chi connectivity index (χ0v) is 25.4. The van der Waals surface area contributed by atoms with E-state index in [0.29, 0.717) is 18.0 Å². The minimum Gasteiger partial charge on any atom is -0.490 e. The fraction of sp³-hybridized carbons (Fsp3) is 0.389. The Hall–Kier alpha value is -4.30. The number of benzene rings is 3. The summed E-state index contributed by atoms with van der Waals surface area (Å²) in [5.41, 5.74) is 5.26. The molecule has 1 saturated carbocycles. The summed E-state index contributed by atoms with van der Waals surface area (Å²) in [7, 11) is 0. The molecule has 3 aromatic rings. The van der Waals surface area contributed by atoms with E-state index in [1.54, 1.807) is 0 Å². The molecule has 8 heteroatoms. The molecule has 44 heavy (non-hydrogen) atoms. The Kier molecular flexibility index (Phi) is 9.17. The van der Waals surface area contributed by atoms with E-state index in [9.17, 15) is 9.59 Å². The van der Waals surface area contributed by atoms with Crippen LogP contribution in [0.4, 0.5) is 0 Å².